The maximum atomic E-state index is 14.0. The molecule has 1 N–H and O–H groups in total. The van der Waals surface area contributed by atoms with Gasteiger partial charge in [-0.15, -0.1) is 0 Å². The molecule has 1 heterocycles. The largest absolute Gasteiger partial charge is 0.357 e. The number of nitrogens with zero attached hydrogens (tertiary/aromatic N) is 1. The first-order valence-corrected chi connectivity index (χ1v) is 13.7. The third kappa shape index (κ3) is 5.32. The number of Topliss-reactive ketones (excluding diaryl/α,β-unsaturated/α-hetero) is 1. The van der Waals surface area contributed by atoms with Crippen LogP contribution in [0, 0.1) is 0 Å². The predicted molar refractivity (Wildman–Crippen MR) is 151 cm³/mol. The Morgan fingerprint density at radius 3 is 2.22 bits per heavy atom. The predicted octanol–water partition coefficient (Wildman–Crippen LogP) is 8.47. The fourth-order valence-corrected chi connectivity index (χ4v) is 5.70. The van der Waals surface area contributed by atoms with Crippen molar-refractivity contribution in [3.8, 4) is 0 Å². The number of carbonyl (C=O) groups is 2. The minimum atomic E-state index is -0.531. The summed E-state index contributed by atoms with van der Waals surface area (Å²) in [4.78, 5) is 29.7. The van der Waals surface area contributed by atoms with E-state index in [0.29, 0.717) is 34.9 Å². The van der Waals surface area contributed by atoms with E-state index in [4.69, 9.17) is 23.2 Å². The van der Waals surface area contributed by atoms with E-state index < -0.39 is 6.04 Å². The second-order valence-corrected chi connectivity index (χ2v) is 10.7. The van der Waals surface area contributed by atoms with Crippen LogP contribution in [0.3, 0.4) is 0 Å². The normalized spacial score (nSPS) is 19.1. The van der Waals surface area contributed by atoms with E-state index in [1.54, 1.807) is 0 Å². The van der Waals surface area contributed by atoms with E-state index in [2.05, 4.69) is 12.2 Å². The number of rotatable bonds is 6. The van der Waals surface area contributed by atoms with Crippen molar-refractivity contribution in [1.29, 1.82) is 0 Å². The lowest BCUT2D eigenvalue weighted by Gasteiger charge is -2.35. The summed E-state index contributed by atoms with van der Waals surface area (Å²) in [5, 5.41) is 4.87. The van der Waals surface area contributed by atoms with Crippen LogP contribution in [-0.2, 0) is 9.59 Å². The summed E-state index contributed by atoms with van der Waals surface area (Å²) < 4.78 is 0. The van der Waals surface area contributed by atoms with Gasteiger partial charge in [-0.1, -0.05) is 79.4 Å². The number of hydrogen-bond acceptors (Lipinski definition) is 3. The zero-order valence-corrected chi connectivity index (χ0v) is 22.4. The molecule has 0 spiro atoms. The Labute approximate surface area is 228 Å². The second-order valence-electron chi connectivity index (χ2n) is 9.79. The molecule has 1 aliphatic carbocycles. The van der Waals surface area contributed by atoms with Crippen LogP contribution in [0.5, 0.6) is 0 Å². The first-order chi connectivity index (χ1) is 18.0. The van der Waals surface area contributed by atoms with Gasteiger partial charge in [-0.25, -0.2) is 0 Å². The molecule has 0 saturated carbocycles. The van der Waals surface area contributed by atoms with E-state index in [0.717, 1.165) is 47.5 Å². The van der Waals surface area contributed by atoms with E-state index in [1.807, 2.05) is 77.7 Å². The van der Waals surface area contributed by atoms with E-state index in [9.17, 15) is 9.59 Å². The molecule has 6 heteroatoms. The number of benzene rings is 3. The summed E-state index contributed by atoms with van der Waals surface area (Å²) >= 11 is 12.4. The van der Waals surface area contributed by atoms with Crippen LogP contribution in [0.15, 0.2) is 84.1 Å². The molecule has 3 aromatic carbocycles. The molecule has 190 valence electrons. The summed E-state index contributed by atoms with van der Waals surface area (Å²) in [6.07, 6.45) is 4.30. The summed E-state index contributed by atoms with van der Waals surface area (Å²) in [6, 6.07) is 22.5. The molecule has 0 fully saturated rings. The lowest BCUT2D eigenvalue weighted by molar-refractivity contribution is -0.119. The fourth-order valence-electron chi connectivity index (χ4n) is 5.44. The van der Waals surface area contributed by atoms with Crippen LogP contribution in [0.25, 0.3) is 0 Å². The molecule has 2 aliphatic rings. The van der Waals surface area contributed by atoms with Gasteiger partial charge >= 0.3 is 0 Å². The lowest BCUT2D eigenvalue weighted by atomic mass is 9.78. The van der Waals surface area contributed by atoms with Gasteiger partial charge in [-0.05, 0) is 66.3 Å². The minimum Gasteiger partial charge on any atom is -0.357 e. The Morgan fingerprint density at radius 1 is 0.892 bits per heavy atom. The average molecular weight is 533 g/mol. The van der Waals surface area contributed by atoms with Gasteiger partial charge in [-0.2, -0.15) is 0 Å². The van der Waals surface area contributed by atoms with Crippen molar-refractivity contribution in [2.75, 3.05) is 10.2 Å². The number of unbranched alkanes of at least 4 members (excludes halogenated alkanes) is 2. The molecule has 3 aromatic rings. The number of nitrogens with one attached hydrogen (secondary N) is 1. The molecule has 0 unspecified atom stereocenters. The highest BCUT2D eigenvalue weighted by atomic mass is 35.5. The Morgan fingerprint density at radius 2 is 1.54 bits per heavy atom. The van der Waals surface area contributed by atoms with Gasteiger partial charge in [0.05, 0.1) is 17.4 Å². The summed E-state index contributed by atoms with van der Waals surface area (Å²) in [7, 11) is 0. The standard InChI is InChI=1S/C31H30Cl2N2O2/c1-2-3-4-9-29(37)35-27-8-6-5-7-25(27)34-26-18-22(20-10-14-23(32)15-11-20)19-28(36)30(26)31(35)21-12-16-24(33)17-13-21/h5-8,10-17,22,31,34H,2-4,9,18-19H2,1H3/t22-,31-/m0/s1. The first-order valence-electron chi connectivity index (χ1n) is 12.9. The Hall–Kier alpha value is -3.08. The number of carbonyl (C=O) groups excluding carboxylic acids is 2. The highest BCUT2D eigenvalue weighted by Gasteiger charge is 2.41. The molecule has 1 aliphatic heterocycles. The van der Waals surface area contributed by atoms with Gasteiger partial charge in [0.25, 0.3) is 0 Å². The van der Waals surface area contributed by atoms with Crippen molar-refractivity contribution in [3.05, 3.63) is 105 Å². The summed E-state index contributed by atoms with van der Waals surface area (Å²) in [6.45, 7) is 2.13. The van der Waals surface area contributed by atoms with Crippen LogP contribution in [0.1, 0.15) is 68.5 Å². The first kappa shape index (κ1) is 25.6. The Bertz CT molecular complexity index is 1330. The number of ketones is 1. The summed E-state index contributed by atoms with van der Waals surface area (Å²) in [5.41, 5.74) is 5.10. The third-order valence-electron chi connectivity index (χ3n) is 7.28. The van der Waals surface area contributed by atoms with Crippen molar-refractivity contribution in [2.24, 2.45) is 0 Å². The monoisotopic (exact) mass is 532 g/mol. The number of amides is 1. The minimum absolute atomic E-state index is 0.0176. The number of fused-ring (bicyclic) bond motifs is 1. The molecule has 1 amide bonds. The molecule has 2 atom stereocenters. The highest BCUT2D eigenvalue weighted by Crippen LogP contribution is 2.47. The second kappa shape index (κ2) is 11.1. The van der Waals surface area contributed by atoms with E-state index in [-0.39, 0.29) is 17.6 Å². The van der Waals surface area contributed by atoms with Crippen LogP contribution in [0.2, 0.25) is 10.0 Å². The van der Waals surface area contributed by atoms with Crippen LogP contribution < -0.4 is 10.2 Å². The molecule has 0 radical (unpaired) electrons. The topological polar surface area (TPSA) is 49.4 Å². The quantitative estimate of drug-likeness (QED) is 0.323. The molecule has 37 heavy (non-hydrogen) atoms. The average Bonchev–Trinajstić information content (AvgIpc) is 3.04. The maximum Gasteiger partial charge on any atom is 0.227 e. The number of hydrogen-bond donors (Lipinski definition) is 1. The maximum absolute atomic E-state index is 14.0. The molecule has 4 nitrogen and oxygen atoms in total. The van der Waals surface area contributed by atoms with Crippen molar-refractivity contribution < 1.29 is 9.59 Å². The van der Waals surface area contributed by atoms with Crippen LogP contribution in [0.4, 0.5) is 11.4 Å². The van der Waals surface area contributed by atoms with E-state index >= 15 is 0 Å². The molecule has 5 rings (SSSR count). The van der Waals surface area contributed by atoms with Crippen molar-refractivity contribution in [2.45, 2.75) is 57.4 Å². The number of anilines is 2. The van der Waals surface area contributed by atoms with Crippen molar-refractivity contribution in [3.63, 3.8) is 0 Å². The lowest BCUT2D eigenvalue weighted by Crippen LogP contribution is -2.38. The van der Waals surface area contributed by atoms with Crippen LogP contribution in [-0.4, -0.2) is 11.7 Å². The fraction of sp³-hybridized carbons (Fsp3) is 0.290. The zero-order valence-electron chi connectivity index (χ0n) is 20.8. The molecule has 0 bridgehead atoms. The van der Waals surface area contributed by atoms with Gasteiger partial charge in [0.15, 0.2) is 5.78 Å². The molecular formula is C31H30Cl2N2O2. The highest BCUT2D eigenvalue weighted by molar-refractivity contribution is 6.30. The molecule has 0 saturated heterocycles. The Kier molecular flexibility index (Phi) is 7.68. The number of halogens is 2. The van der Waals surface area contributed by atoms with Crippen molar-refractivity contribution >= 4 is 46.3 Å². The smallest absolute Gasteiger partial charge is 0.227 e. The molecule has 0 aromatic heterocycles. The summed E-state index contributed by atoms with van der Waals surface area (Å²) in [5.74, 6) is 0.0951. The number of allylic oxidation sites excluding steroid dienone is 1. The van der Waals surface area contributed by atoms with Gasteiger partial charge in [-0.3, -0.25) is 14.5 Å². The Balaban J connectivity index is 1.65. The van der Waals surface area contributed by atoms with Gasteiger partial charge in [0, 0.05) is 34.2 Å². The van der Waals surface area contributed by atoms with Gasteiger partial charge < -0.3 is 5.32 Å². The third-order valence-corrected chi connectivity index (χ3v) is 7.78. The van der Waals surface area contributed by atoms with E-state index in [1.165, 1.54) is 0 Å². The van der Waals surface area contributed by atoms with Crippen LogP contribution >= 0.6 is 23.2 Å². The van der Waals surface area contributed by atoms with Crippen molar-refractivity contribution in [1.82, 2.24) is 0 Å². The number of para-hydroxylation sites is 2. The van der Waals surface area contributed by atoms with Gasteiger partial charge in [0.2, 0.25) is 5.91 Å². The molecular weight excluding hydrogens is 503 g/mol. The SMILES string of the molecule is CCCCCC(=O)N1c2ccccc2NC2=C(C(=O)C[C@@H](c3ccc(Cl)cc3)C2)[C@@H]1c1ccc(Cl)cc1. The zero-order chi connectivity index (χ0) is 25.9. The van der Waals surface area contributed by atoms with Gasteiger partial charge in [0.1, 0.15) is 0 Å².